The second-order valence-corrected chi connectivity index (χ2v) is 4.17. The van der Waals surface area contributed by atoms with Gasteiger partial charge >= 0.3 is 6.18 Å². The molecule has 1 heterocycles. The molecule has 0 fully saturated rings. The van der Waals surface area contributed by atoms with Crippen LogP contribution in [0.5, 0.6) is 0 Å². The number of nitrogens with two attached hydrogens (primary N) is 1. The van der Waals surface area contributed by atoms with E-state index in [0.717, 1.165) is 12.1 Å². The summed E-state index contributed by atoms with van der Waals surface area (Å²) in [5, 5.41) is 8.39. The van der Waals surface area contributed by atoms with E-state index < -0.39 is 17.6 Å². The molecule has 0 saturated heterocycles. The van der Waals surface area contributed by atoms with E-state index in [1.165, 1.54) is 12.3 Å². The average Bonchev–Trinajstić information content (AvgIpc) is 2.76. The molecular formula is C12H11F3N4O. The molecular weight excluding hydrogens is 273 g/mol. The first kappa shape index (κ1) is 13.9. The number of carbonyl (C=O) groups is 1. The van der Waals surface area contributed by atoms with Crippen molar-refractivity contribution in [2.75, 3.05) is 11.1 Å². The van der Waals surface area contributed by atoms with Crippen molar-refractivity contribution in [3.05, 3.63) is 41.2 Å². The Hall–Kier alpha value is -2.51. The molecule has 2 aromatic rings. The van der Waals surface area contributed by atoms with Gasteiger partial charge in [0.15, 0.2) is 0 Å². The Kier molecular flexibility index (Phi) is 3.39. The van der Waals surface area contributed by atoms with Crippen molar-refractivity contribution in [3.63, 3.8) is 0 Å². The van der Waals surface area contributed by atoms with Crippen LogP contribution in [0.4, 0.5) is 24.5 Å². The summed E-state index contributed by atoms with van der Waals surface area (Å²) in [5.41, 5.74) is 4.61. The van der Waals surface area contributed by atoms with Gasteiger partial charge in [-0.05, 0) is 25.1 Å². The molecule has 1 aromatic heterocycles. The van der Waals surface area contributed by atoms with Crippen LogP contribution in [0.3, 0.4) is 0 Å². The van der Waals surface area contributed by atoms with Crippen molar-refractivity contribution in [3.8, 4) is 0 Å². The van der Waals surface area contributed by atoms with Crippen molar-refractivity contribution >= 4 is 17.3 Å². The number of nitrogens with one attached hydrogen (secondary N) is 2. The van der Waals surface area contributed by atoms with Gasteiger partial charge in [0.25, 0.3) is 5.91 Å². The Bertz CT molecular complexity index is 648. The number of carbonyl (C=O) groups excluding carboxylic acids is 1. The lowest BCUT2D eigenvalue weighted by atomic mass is 10.1. The van der Waals surface area contributed by atoms with Crippen LogP contribution in [0.1, 0.15) is 21.6 Å². The first-order valence-electron chi connectivity index (χ1n) is 5.57. The summed E-state index contributed by atoms with van der Waals surface area (Å²) in [4.78, 5) is 11.9. The summed E-state index contributed by atoms with van der Waals surface area (Å²) >= 11 is 0. The lowest BCUT2D eigenvalue weighted by Crippen LogP contribution is -2.17. The Morgan fingerprint density at radius 3 is 2.65 bits per heavy atom. The number of aryl methyl sites for hydroxylation is 1. The van der Waals surface area contributed by atoms with Crippen molar-refractivity contribution in [2.24, 2.45) is 0 Å². The third-order valence-electron chi connectivity index (χ3n) is 2.67. The first-order chi connectivity index (χ1) is 9.29. The van der Waals surface area contributed by atoms with Crippen LogP contribution in [-0.4, -0.2) is 16.1 Å². The molecule has 1 amide bonds. The number of rotatable bonds is 2. The van der Waals surface area contributed by atoms with Gasteiger partial charge in [-0.1, -0.05) is 0 Å². The van der Waals surface area contributed by atoms with Crippen molar-refractivity contribution < 1.29 is 18.0 Å². The van der Waals surface area contributed by atoms with Crippen molar-refractivity contribution in [1.29, 1.82) is 0 Å². The highest BCUT2D eigenvalue weighted by Gasteiger charge is 2.34. The fourth-order valence-electron chi connectivity index (χ4n) is 1.67. The number of benzene rings is 1. The van der Waals surface area contributed by atoms with Gasteiger partial charge in [-0.2, -0.15) is 18.3 Å². The monoisotopic (exact) mass is 284 g/mol. The molecule has 0 radical (unpaired) electrons. The van der Waals surface area contributed by atoms with Crippen LogP contribution in [0.15, 0.2) is 24.4 Å². The molecule has 0 aliphatic rings. The number of alkyl halides is 3. The normalized spacial score (nSPS) is 11.4. The summed E-state index contributed by atoms with van der Waals surface area (Å²) in [7, 11) is 0. The number of halogens is 3. The number of hydrogen-bond donors (Lipinski definition) is 3. The largest absolute Gasteiger partial charge is 0.418 e. The molecule has 0 aliphatic carbocycles. The van der Waals surface area contributed by atoms with Crippen LogP contribution >= 0.6 is 0 Å². The van der Waals surface area contributed by atoms with E-state index >= 15 is 0 Å². The summed E-state index contributed by atoms with van der Waals surface area (Å²) in [6.45, 7) is 1.59. The molecule has 106 valence electrons. The second-order valence-electron chi connectivity index (χ2n) is 4.17. The van der Waals surface area contributed by atoms with E-state index in [1.807, 2.05) is 0 Å². The van der Waals surface area contributed by atoms with Gasteiger partial charge in [-0.15, -0.1) is 0 Å². The van der Waals surface area contributed by atoms with Gasteiger partial charge in [0.1, 0.15) is 0 Å². The number of aromatic amines is 1. The first-order valence-corrected chi connectivity index (χ1v) is 5.57. The molecule has 0 saturated carbocycles. The highest BCUT2D eigenvalue weighted by molar-refractivity contribution is 6.05. The van der Waals surface area contributed by atoms with Crippen molar-refractivity contribution in [2.45, 2.75) is 13.1 Å². The number of aromatic nitrogens is 2. The predicted molar refractivity (Wildman–Crippen MR) is 67.1 cm³/mol. The highest BCUT2D eigenvalue weighted by Crippen LogP contribution is 2.36. The summed E-state index contributed by atoms with van der Waals surface area (Å²) in [5.74, 6) is -0.675. The minimum Gasteiger partial charge on any atom is -0.399 e. The number of anilines is 2. The van der Waals surface area contributed by atoms with E-state index in [4.69, 9.17) is 5.73 Å². The van der Waals surface area contributed by atoms with Gasteiger partial charge in [0, 0.05) is 11.4 Å². The van der Waals surface area contributed by atoms with E-state index in [0.29, 0.717) is 5.69 Å². The minimum absolute atomic E-state index is 0.0326. The zero-order chi connectivity index (χ0) is 14.9. The minimum atomic E-state index is -4.61. The summed E-state index contributed by atoms with van der Waals surface area (Å²) in [6, 6.07) is 3.18. The van der Waals surface area contributed by atoms with Crippen molar-refractivity contribution in [1.82, 2.24) is 10.2 Å². The number of nitrogen functional groups attached to an aromatic ring is 1. The lowest BCUT2D eigenvalue weighted by Gasteiger charge is -2.14. The molecule has 0 spiro atoms. The Labute approximate surface area is 112 Å². The lowest BCUT2D eigenvalue weighted by molar-refractivity contribution is -0.136. The third kappa shape index (κ3) is 2.73. The summed E-state index contributed by atoms with van der Waals surface area (Å²) < 4.78 is 38.6. The van der Waals surface area contributed by atoms with Gasteiger partial charge in [-0.3, -0.25) is 9.89 Å². The highest BCUT2D eigenvalue weighted by atomic mass is 19.4. The van der Waals surface area contributed by atoms with Crippen LogP contribution in [0.25, 0.3) is 0 Å². The predicted octanol–water partition coefficient (Wildman–Crippen LogP) is 2.57. The van der Waals surface area contributed by atoms with Crippen LogP contribution in [0.2, 0.25) is 0 Å². The zero-order valence-electron chi connectivity index (χ0n) is 10.4. The summed E-state index contributed by atoms with van der Waals surface area (Å²) in [6.07, 6.45) is -3.36. The maximum absolute atomic E-state index is 12.9. The van der Waals surface area contributed by atoms with Gasteiger partial charge < -0.3 is 11.1 Å². The molecule has 0 bridgehead atoms. The molecule has 20 heavy (non-hydrogen) atoms. The fraction of sp³-hybridized carbons (Fsp3) is 0.167. The van der Waals surface area contributed by atoms with E-state index in [9.17, 15) is 18.0 Å². The third-order valence-corrected chi connectivity index (χ3v) is 2.67. The van der Waals surface area contributed by atoms with E-state index in [2.05, 4.69) is 15.5 Å². The quantitative estimate of drug-likeness (QED) is 0.741. The van der Waals surface area contributed by atoms with Gasteiger partial charge in [0.05, 0.1) is 23.0 Å². The number of nitrogens with zero attached hydrogens (tertiary/aromatic N) is 1. The van der Waals surface area contributed by atoms with Crippen LogP contribution < -0.4 is 11.1 Å². The standard InChI is InChI=1S/C12H11F3N4O/c1-6-8(5-17-19-6)11(20)18-10-3-2-7(16)4-9(10)12(13,14)15/h2-5H,16H2,1H3,(H,17,19)(H,18,20). The zero-order valence-corrected chi connectivity index (χ0v) is 10.4. The molecule has 5 nitrogen and oxygen atoms in total. The fourth-order valence-corrected chi connectivity index (χ4v) is 1.67. The maximum Gasteiger partial charge on any atom is 0.418 e. The molecule has 0 aliphatic heterocycles. The number of H-pyrrole nitrogens is 1. The number of amides is 1. The SMILES string of the molecule is Cc1[nH]ncc1C(=O)Nc1ccc(N)cc1C(F)(F)F. The van der Waals surface area contributed by atoms with Crippen LogP contribution in [-0.2, 0) is 6.18 Å². The molecule has 1 aromatic carbocycles. The molecule has 0 atom stereocenters. The van der Waals surface area contributed by atoms with E-state index in [-0.39, 0.29) is 16.9 Å². The molecule has 0 unspecified atom stereocenters. The Morgan fingerprint density at radius 2 is 2.10 bits per heavy atom. The smallest absolute Gasteiger partial charge is 0.399 e. The Balaban J connectivity index is 2.35. The number of hydrogen-bond acceptors (Lipinski definition) is 3. The molecule has 2 rings (SSSR count). The molecule has 4 N–H and O–H groups in total. The van der Waals surface area contributed by atoms with Crippen LogP contribution in [0, 0.1) is 6.92 Å². The molecule has 8 heteroatoms. The van der Waals surface area contributed by atoms with Gasteiger partial charge in [-0.25, -0.2) is 0 Å². The topological polar surface area (TPSA) is 83.8 Å². The second kappa shape index (κ2) is 4.87. The Morgan fingerprint density at radius 1 is 1.40 bits per heavy atom. The van der Waals surface area contributed by atoms with Gasteiger partial charge in [0.2, 0.25) is 0 Å². The van der Waals surface area contributed by atoms with E-state index in [1.54, 1.807) is 6.92 Å². The average molecular weight is 284 g/mol. The maximum atomic E-state index is 12.9.